The molecule has 5 heteroatoms. The van der Waals surface area contributed by atoms with Crippen LogP contribution in [0.3, 0.4) is 0 Å². The molecular formula is C23H30O5. The average Bonchev–Trinajstić information content (AvgIpc) is 3.00. The Morgan fingerprint density at radius 1 is 1.39 bits per heavy atom. The first-order valence-electron chi connectivity index (χ1n) is 10.2. The van der Waals surface area contributed by atoms with Crippen LogP contribution in [-0.2, 0) is 20.7 Å². The van der Waals surface area contributed by atoms with Crippen molar-refractivity contribution in [1.29, 1.82) is 0 Å². The molecule has 0 radical (unpaired) electrons. The number of carbonyl (C=O) groups excluding carboxylic acids is 2. The molecule has 5 nitrogen and oxygen atoms in total. The van der Waals surface area contributed by atoms with E-state index in [0.717, 1.165) is 43.1 Å². The maximum atomic E-state index is 11.7. The molecule has 0 fully saturated rings. The van der Waals surface area contributed by atoms with E-state index in [9.17, 15) is 14.7 Å². The molecule has 0 bridgehead atoms. The van der Waals surface area contributed by atoms with Gasteiger partial charge in [0.05, 0.1) is 5.56 Å². The number of ether oxygens (including phenoxy) is 2. The molecule has 1 heterocycles. The zero-order valence-electron chi connectivity index (χ0n) is 17.2. The maximum absolute atomic E-state index is 11.7. The molecule has 1 unspecified atom stereocenters. The molecule has 152 valence electrons. The number of esters is 1. The molecule has 1 N–H and O–H groups in total. The largest absolute Gasteiger partial charge is 0.507 e. The number of rotatable bonds is 7. The summed E-state index contributed by atoms with van der Waals surface area (Å²) in [6.07, 6.45) is 6.90. The van der Waals surface area contributed by atoms with E-state index in [1.165, 1.54) is 6.92 Å². The Morgan fingerprint density at radius 2 is 2.14 bits per heavy atom. The zero-order valence-corrected chi connectivity index (χ0v) is 17.2. The van der Waals surface area contributed by atoms with E-state index >= 15 is 0 Å². The monoisotopic (exact) mass is 386 g/mol. The fourth-order valence-electron chi connectivity index (χ4n) is 4.61. The lowest BCUT2D eigenvalue weighted by Crippen LogP contribution is -2.42. The fourth-order valence-corrected chi connectivity index (χ4v) is 4.61. The van der Waals surface area contributed by atoms with Gasteiger partial charge in [-0.2, -0.15) is 0 Å². The Bertz CT molecular complexity index is 792. The summed E-state index contributed by atoms with van der Waals surface area (Å²) in [6.45, 7) is 7.63. The Labute approximate surface area is 166 Å². The van der Waals surface area contributed by atoms with Crippen LogP contribution < -0.4 is 0 Å². The number of phenols is 1. The van der Waals surface area contributed by atoms with Crippen molar-refractivity contribution >= 4 is 12.3 Å². The van der Waals surface area contributed by atoms with Gasteiger partial charge in [-0.3, -0.25) is 9.59 Å². The van der Waals surface area contributed by atoms with Crippen molar-refractivity contribution in [2.24, 2.45) is 5.92 Å². The van der Waals surface area contributed by atoms with Crippen LogP contribution in [0.15, 0.2) is 24.0 Å². The van der Waals surface area contributed by atoms with Gasteiger partial charge in [0.25, 0.3) is 0 Å². The van der Waals surface area contributed by atoms with Crippen LogP contribution in [0, 0.1) is 5.92 Å². The molecule has 0 spiro atoms. The molecule has 0 aromatic heterocycles. The number of carbonyl (C=O) groups is 2. The highest BCUT2D eigenvalue weighted by molar-refractivity contribution is 5.83. The highest BCUT2D eigenvalue weighted by Crippen LogP contribution is 2.52. The summed E-state index contributed by atoms with van der Waals surface area (Å²) in [7, 11) is 0. The molecule has 28 heavy (non-hydrogen) atoms. The minimum atomic E-state index is -0.479. The fraction of sp³-hybridized carbons (Fsp3) is 0.565. The molecule has 3 atom stereocenters. The molecule has 3 rings (SSSR count). The molecule has 0 amide bonds. The predicted octanol–water partition coefficient (Wildman–Crippen LogP) is 4.67. The van der Waals surface area contributed by atoms with Crippen molar-refractivity contribution in [3.63, 3.8) is 0 Å². The summed E-state index contributed by atoms with van der Waals surface area (Å²) in [5.74, 6) is 0.438. The molecule has 2 aliphatic rings. The van der Waals surface area contributed by atoms with Crippen molar-refractivity contribution in [3.8, 4) is 5.75 Å². The molecule has 1 aliphatic heterocycles. The first-order valence-corrected chi connectivity index (χ1v) is 10.2. The standard InChI is InChI=1S/C23H30O5/c1-5-6-7-8-20(27-14(2)25)21-12-16-18(23(3,4)28-21)11-15-9-10-19(26)17(13-24)22(15)16/h9-10,12-13,16,18,20,26H,5-8,11H2,1-4H3/t16-,18-,20?/m0/s1. The molecule has 1 aliphatic carbocycles. The third-order valence-corrected chi connectivity index (χ3v) is 5.99. The van der Waals surface area contributed by atoms with Crippen LogP contribution in [0.1, 0.15) is 80.8 Å². The molecular weight excluding hydrogens is 356 g/mol. The summed E-state index contributed by atoms with van der Waals surface area (Å²) in [5.41, 5.74) is 1.82. The van der Waals surface area contributed by atoms with Crippen molar-refractivity contribution in [1.82, 2.24) is 0 Å². The number of allylic oxidation sites excluding steroid dienone is 1. The highest BCUT2D eigenvalue weighted by Gasteiger charge is 2.48. The average molecular weight is 386 g/mol. The number of benzene rings is 1. The second-order valence-electron chi connectivity index (χ2n) is 8.39. The number of phenolic OH excluding ortho intramolecular Hbond substituents is 1. The predicted molar refractivity (Wildman–Crippen MR) is 106 cm³/mol. The van der Waals surface area contributed by atoms with Gasteiger partial charge in [0, 0.05) is 18.8 Å². The number of hydrogen-bond donors (Lipinski definition) is 1. The quantitative estimate of drug-likeness (QED) is 0.419. The summed E-state index contributed by atoms with van der Waals surface area (Å²) in [4.78, 5) is 23.4. The van der Waals surface area contributed by atoms with Crippen molar-refractivity contribution in [3.05, 3.63) is 40.7 Å². The van der Waals surface area contributed by atoms with Gasteiger partial charge in [-0.25, -0.2) is 0 Å². The van der Waals surface area contributed by atoms with E-state index in [1.54, 1.807) is 6.07 Å². The lowest BCUT2D eigenvalue weighted by Gasteiger charge is -2.42. The lowest BCUT2D eigenvalue weighted by atomic mass is 9.77. The van der Waals surface area contributed by atoms with Crippen LogP contribution in [-0.4, -0.2) is 29.1 Å². The van der Waals surface area contributed by atoms with E-state index in [1.807, 2.05) is 26.0 Å². The van der Waals surface area contributed by atoms with E-state index in [4.69, 9.17) is 9.47 Å². The van der Waals surface area contributed by atoms with Crippen LogP contribution in [0.5, 0.6) is 5.75 Å². The summed E-state index contributed by atoms with van der Waals surface area (Å²) >= 11 is 0. The van der Waals surface area contributed by atoms with Gasteiger partial charge < -0.3 is 14.6 Å². The smallest absolute Gasteiger partial charge is 0.303 e. The topological polar surface area (TPSA) is 72.8 Å². The Morgan fingerprint density at radius 3 is 2.79 bits per heavy atom. The highest BCUT2D eigenvalue weighted by atomic mass is 16.6. The zero-order chi connectivity index (χ0) is 20.5. The van der Waals surface area contributed by atoms with Crippen LogP contribution in [0.4, 0.5) is 0 Å². The summed E-state index contributed by atoms with van der Waals surface area (Å²) in [5, 5.41) is 10.2. The van der Waals surface area contributed by atoms with Gasteiger partial charge in [0.2, 0.25) is 0 Å². The second-order valence-corrected chi connectivity index (χ2v) is 8.39. The van der Waals surface area contributed by atoms with Gasteiger partial charge in [-0.15, -0.1) is 0 Å². The minimum Gasteiger partial charge on any atom is -0.507 e. The number of aldehydes is 1. The first-order chi connectivity index (χ1) is 13.3. The van der Waals surface area contributed by atoms with Gasteiger partial charge in [-0.05, 0) is 56.4 Å². The van der Waals surface area contributed by atoms with Crippen LogP contribution >= 0.6 is 0 Å². The first kappa shape index (κ1) is 20.4. The third-order valence-electron chi connectivity index (χ3n) is 5.99. The van der Waals surface area contributed by atoms with Gasteiger partial charge in [0.15, 0.2) is 12.4 Å². The summed E-state index contributed by atoms with van der Waals surface area (Å²) in [6, 6.07) is 3.48. The number of unbranched alkanes of at least 4 members (excludes halogenated alkanes) is 2. The van der Waals surface area contributed by atoms with Gasteiger partial charge in [-0.1, -0.05) is 25.8 Å². The summed E-state index contributed by atoms with van der Waals surface area (Å²) < 4.78 is 11.9. The van der Waals surface area contributed by atoms with E-state index < -0.39 is 11.7 Å². The van der Waals surface area contributed by atoms with E-state index in [0.29, 0.717) is 17.7 Å². The van der Waals surface area contributed by atoms with Crippen molar-refractivity contribution < 1.29 is 24.2 Å². The Balaban J connectivity index is 2.02. The second kappa shape index (κ2) is 7.98. The normalized spacial score (nSPS) is 23.1. The van der Waals surface area contributed by atoms with Crippen LogP contribution in [0.2, 0.25) is 0 Å². The van der Waals surface area contributed by atoms with Gasteiger partial charge >= 0.3 is 5.97 Å². The Kier molecular flexibility index (Phi) is 5.82. The lowest BCUT2D eigenvalue weighted by molar-refractivity contribution is -0.150. The molecule has 0 saturated carbocycles. The third kappa shape index (κ3) is 3.80. The van der Waals surface area contributed by atoms with Crippen LogP contribution in [0.25, 0.3) is 0 Å². The van der Waals surface area contributed by atoms with E-state index in [2.05, 4.69) is 6.92 Å². The molecule has 1 aromatic rings. The Hall–Kier alpha value is -2.30. The van der Waals surface area contributed by atoms with Crippen molar-refractivity contribution in [2.75, 3.05) is 0 Å². The minimum absolute atomic E-state index is 0.00753. The van der Waals surface area contributed by atoms with Gasteiger partial charge in [0.1, 0.15) is 17.1 Å². The van der Waals surface area contributed by atoms with Crippen molar-refractivity contribution in [2.45, 2.75) is 77.4 Å². The SMILES string of the molecule is CCCCCC(OC(C)=O)C1=C[C@@H]2c3c(ccc(O)c3C=O)C[C@@H]2C(C)(C)O1. The maximum Gasteiger partial charge on any atom is 0.303 e. The van der Waals surface area contributed by atoms with E-state index in [-0.39, 0.29) is 23.6 Å². The number of fused-ring (bicyclic) bond motifs is 3. The number of hydrogen-bond acceptors (Lipinski definition) is 5. The molecule has 1 aromatic carbocycles. The molecule has 0 saturated heterocycles. The number of aromatic hydroxyl groups is 1.